The molecule has 4 amide bonds. The van der Waals surface area contributed by atoms with Gasteiger partial charge in [-0.05, 0) is 53.8 Å². The number of carbonyl (C=O) groups is 3. The van der Waals surface area contributed by atoms with Crippen molar-refractivity contribution in [2.75, 3.05) is 13.7 Å². The fourth-order valence-electron chi connectivity index (χ4n) is 3.87. The van der Waals surface area contributed by atoms with Gasteiger partial charge in [-0.15, -0.1) is 0 Å². The van der Waals surface area contributed by atoms with Gasteiger partial charge >= 0.3 is 6.03 Å². The molecule has 0 bridgehead atoms. The van der Waals surface area contributed by atoms with Crippen molar-refractivity contribution in [3.63, 3.8) is 0 Å². The third-order valence-electron chi connectivity index (χ3n) is 5.68. The smallest absolute Gasteiger partial charge is 0.325 e. The van der Waals surface area contributed by atoms with Crippen molar-refractivity contribution in [3.8, 4) is 5.75 Å². The van der Waals surface area contributed by atoms with Gasteiger partial charge in [0.2, 0.25) is 5.91 Å². The zero-order valence-corrected chi connectivity index (χ0v) is 18.2. The molecule has 3 aromatic rings. The molecule has 1 aliphatic heterocycles. The van der Waals surface area contributed by atoms with Gasteiger partial charge in [0.05, 0.1) is 19.2 Å². The topological polar surface area (TPSA) is 92.7 Å². The minimum Gasteiger partial charge on any atom is -0.497 e. The Hall–Kier alpha value is -3.88. The minimum absolute atomic E-state index is 0.105. The summed E-state index contributed by atoms with van der Waals surface area (Å²) in [5, 5.41) is 6.39. The Morgan fingerprint density at radius 2 is 1.94 bits per heavy atom. The van der Waals surface area contributed by atoms with E-state index in [-0.39, 0.29) is 37.0 Å². The van der Waals surface area contributed by atoms with Gasteiger partial charge in [-0.2, -0.15) is 0 Å². The Labute approximate surface area is 190 Å². The number of carbonyl (C=O) groups excluding carboxylic acids is 3. The Morgan fingerprint density at radius 1 is 1.15 bits per heavy atom. The van der Waals surface area contributed by atoms with E-state index >= 15 is 0 Å². The quantitative estimate of drug-likeness (QED) is 0.489. The van der Waals surface area contributed by atoms with Crippen molar-refractivity contribution in [2.24, 2.45) is 0 Å². The average Bonchev–Trinajstić information content (AvgIpc) is 3.33. The van der Waals surface area contributed by atoms with E-state index in [2.05, 4.69) is 10.6 Å². The van der Waals surface area contributed by atoms with Gasteiger partial charge in [0.15, 0.2) is 0 Å². The van der Waals surface area contributed by atoms with Crippen LogP contribution in [0.1, 0.15) is 18.4 Å². The van der Waals surface area contributed by atoms with E-state index in [4.69, 9.17) is 4.74 Å². The summed E-state index contributed by atoms with van der Waals surface area (Å²) >= 11 is 0. The monoisotopic (exact) mass is 452 g/mol. The normalized spacial score (nSPS) is 15.7. The van der Waals surface area contributed by atoms with E-state index in [1.807, 2.05) is 16.8 Å². The van der Waals surface area contributed by atoms with Crippen LogP contribution in [0.2, 0.25) is 0 Å². The largest absolute Gasteiger partial charge is 0.497 e. The number of hydrogen-bond acceptors (Lipinski definition) is 4. The highest BCUT2D eigenvalue weighted by Gasteiger charge is 2.37. The van der Waals surface area contributed by atoms with E-state index in [9.17, 15) is 18.8 Å². The zero-order chi connectivity index (χ0) is 23.4. The number of fused-ring (bicyclic) bond motifs is 1. The fraction of sp³-hybridized carbons (Fsp3) is 0.292. The van der Waals surface area contributed by atoms with Gasteiger partial charge in [-0.25, -0.2) is 9.18 Å². The number of ether oxygens (including phenoxy) is 1. The van der Waals surface area contributed by atoms with Crippen LogP contribution in [0.3, 0.4) is 0 Å². The molecule has 1 saturated heterocycles. The Morgan fingerprint density at radius 3 is 2.70 bits per heavy atom. The second kappa shape index (κ2) is 9.72. The maximum Gasteiger partial charge on any atom is 0.325 e. The summed E-state index contributed by atoms with van der Waals surface area (Å²) in [6.45, 7) is 1.02. The van der Waals surface area contributed by atoms with Crippen molar-refractivity contribution in [1.82, 2.24) is 20.1 Å². The molecule has 8 nitrogen and oxygen atoms in total. The van der Waals surface area contributed by atoms with Crippen molar-refractivity contribution in [3.05, 3.63) is 66.1 Å². The van der Waals surface area contributed by atoms with Crippen LogP contribution in [0.4, 0.5) is 9.18 Å². The number of halogens is 1. The molecule has 9 heteroatoms. The van der Waals surface area contributed by atoms with E-state index in [0.29, 0.717) is 18.8 Å². The average molecular weight is 452 g/mol. The molecule has 1 aliphatic rings. The molecule has 172 valence electrons. The molecular formula is C24H25FN4O4. The number of nitrogens with one attached hydrogen (secondary N) is 2. The van der Waals surface area contributed by atoms with Crippen LogP contribution < -0.4 is 15.4 Å². The minimum atomic E-state index is -0.724. The number of methoxy groups -OCH3 is 1. The summed E-state index contributed by atoms with van der Waals surface area (Å²) in [6, 6.07) is 12.4. The first-order valence-electron chi connectivity index (χ1n) is 10.7. The van der Waals surface area contributed by atoms with Gasteiger partial charge in [0.25, 0.3) is 5.91 Å². The van der Waals surface area contributed by atoms with E-state index in [1.54, 1.807) is 37.4 Å². The highest BCUT2D eigenvalue weighted by molar-refractivity contribution is 6.04. The number of hydrogen-bond donors (Lipinski definition) is 2. The standard InChI is InChI=1S/C24H25FN4O4/c1-33-19-6-2-16(3-7-19)15-29-23(31)20(27-24(29)32)8-9-22(30)26-11-13-28-12-10-17-4-5-18(25)14-21(17)28/h2-7,10,12,14,20H,8-9,11,13,15H2,1H3,(H,26,30)(H,27,32)/t20-/m1/s1. The number of benzene rings is 2. The number of amides is 4. The summed E-state index contributed by atoms with van der Waals surface area (Å²) in [5.74, 6) is -0.175. The summed E-state index contributed by atoms with van der Waals surface area (Å²) < 4.78 is 20.5. The van der Waals surface area contributed by atoms with Crippen LogP contribution in [0.5, 0.6) is 5.75 Å². The number of aromatic nitrogens is 1. The van der Waals surface area contributed by atoms with Crippen LogP contribution in [0.15, 0.2) is 54.7 Å². The van der Waals surface area contributed by atoms with Crippen molar-refractivity contribution >= 4 is 28.7 Å². The molecule has 0 spiro atoms. The van der Waals surface area contributed by atoms with Crippen molar-refractivity contribution in [1.29, 1.82) is 0 Å². The van der Waals surface area contributed by atoms with Crippen LogP contribution in [-0.2, 0) is 22.7 Å². The van der Waals surface area contributed by atoms with Crippen LogP contribution >= 0.6 is 0 Å². The number of imide groups is 1. The third-order valence-corrected chi connectivity index (χ3v) is 5.68. The van der Waals surface area contributed by atoms with Crippen LogP contribution in [0.25, 0.3) is 10.9 Å². The van der Waals surface area contributed by atoms with Gasteiger partial charge < -0.3 is 19.9 Å². The van der Waals surface area contributed by atoms with E-state index < -0.39 is 12.1 Å². The molecule has 1 fully saturated rings. The summed E-state index contributed by atoms with van der Waals surface area (Å²) in [5.41, 5.74) is 1.57. The van der Waals surface area contributed by atoms with E-state index in [0.717, 1.165) is 21.4 Å². The second-order valence-electron chi connectivity index (χ2n) is 7.88. The molecule has 0 saturated carbocycles. The van der Waals surface area contributed by atoms with Crippen molar-refractivity contribution in [2.45, 2.75) is 32.0 Å². The first-order valence-corrected chi connectivity index (χ1v) is 10.7. The molecule has 2 heterocycles. The Kier molecular flexibility index (Phi) is 6.58. The predicted octanol–water partition coefficient (Wildman–Crippen LogP) is 2.81. The number of urea groups is 1. The lowest BCUT2D eigenvalue weighted by atomic mass is 10.1. The predicted molar refractivity (Wildman–Crippen MR) is 120 cm³/mol. The molecule has 2 aromatic carbocycles. The first-order chi connectivity index (χ1) is 15.9. The van der Waals surface area contributed by atoms with Gasteiger partial charge in [0, 0.05) is 25.7 Å². The molecule has 0 aliphatic carbocycles. The molecule has 0 radical (unpaired) electrons. The highest BCUT2D eigenvalue weighted by atomic mass is 19.1. The molecular weight excluding hydrogens is 427 g/mol. The third kappa shape index (κ3) is 5.14. The van der Waals surface area contributed by atoms with Crippen LogP contribution in [-0.4, -0.2) is 47.0 Å². The lowest BCUT2D eigenvalue weighted by molar-refractivity contribution is -0.128. The lowest BCUT2D eigenvalue weighted by Gasteiger charge is -2.13. The first kappa shape index (κ1) is 22.3. The summed E-state index contributed by atoms with van der Waals surface area (Å²) in [4.78, 5) is 38.3. The number of rotatable bonds is 9. The maximum absolute atomic E-state index is 13.5. The Balaban J connectivity index is 1.23. The molecule has 1 atom stereocenters. The molecule has 4 rings (SSSR count). The van der Waals surface area contributed by atoms with E-state index in [1.165, 1.54) is 12.1 Å². The molecule has 33 heavy (non-hydrogen) atoms. The Bertz CT molecular complexity index is 1170. The summed E-state index contributed by atoms with van der Waals surface area (Å²) in [7, 11) is 1.57. The van der Waals surface area contributed by atoms with Gasteiger partial charge in [0.1, 0.15) is 17.6 Å². The maximum atomic E-state index is 13.5. The number of nitrogens with zero attached hydrogens (tertiary/aromatic N) is 2. The highest BCUT2D eigenvalue weighted by Crippen LogP contribution is 2.18. The molecule has 2 N–H and O–H groups in total. The lowest BCUT2D eigenvalue weighted by Crippen LogP contribution is -2.33. The van der Waals surface area contributed by atoms with Gasteiger partial charge in [-0.3, -0.25) is 14.5 Å². The fourth-order valence-corrected chi connectivity index (χ4v) is 3.87. The zero-order valence-electron chi connectivity index (χ0n) is 18.2. The molecule has 0 unspecified atom stereocenters. The van der Waals surface area contributed by atoms with Crippen LogP contribution in [0, 0.1) is 5.82 Å². The second-order valence-corrected chi connectivity index (χ2v) is 7.88. The molecule has 1 aromatic heterocycles. The van der Waals surface area contributed by atoms with Gasteiger partial charge in [-0.1, -0.05) is 12.1 Å². The summed E-state index contributed by atoms with van der Waals surface area (Å²) in [6.07, 6.45) is 2.17. The SMILES string of the molecule is COc1ccc(CN2C(=O)N[C@H](CCC(=O)NCCn3ccc4ccc(F)cc43)C2=O)cc1. The van der Waals surface area contributed by atoms with Crippen molar-refractivity contribution < 1.29 is 23.5 Å².